The lowest BCUT2D eigenvalue weighted by Crippen LogP contribution is -2.40. The third-order valence-corrected chi connectivity index (χ3v) is 3.43. The van der Waals surface area contributed by atoms with E-state index in [2.05, 4.69) is 11.8 Å². The normalized spacial score (nSPS) is 19.7. The van der Waals surface area contributed by atoms with Crippen molar-refractivity contribution in [2.75, 3.05) is 24.6 Å². The predicted octanol–water partition coefficient (Wildman–Crippen LogP) is 2.71. The molecule has 1 aliphatic heterocycles. The zero-order valence-electron chi connectivity index (χ0n) is 11.4. The zero-order valence-corrected chi connectivity index (χ0v) is 11.4. The molecule has 4 heteroatoms. The van der Waals surface area contributed by atoms with Crippen molar-refractivity contribution in [3.63, 3.8) is 0 Å². The maximum atomic E-state index is 13.5. The van der Waals surface area contributed by atoms with Gasteiger partial charge in [0.05, 0.1) is 12.7 Å². The van der Waals surface area contributed by atoms with E-state index < -0.39 is 0 Å². The number of aliphatic hydroxyl groups excluding tert-OH is 1. The third-order valence-electron chi connectivity index (χ3n) is 3.43. The molecule has 0 spiro atoms. The fraction of sp³-hybridized carbons (Fsp3) is 0.600. The lowest BCUT2D eigenvalue weighted by atomic mass is 10.1. The Morgan fingerprint density at radius 3 is 3.00 bits per heavy atom. The van der Waals surface area contributed by atoms with Crippen molar-refractivity contribution in [3.05, 3.63) is 29.6 Å². The Kier molecular flexibility index (Phi) is 5.16. The number of piperidine rings is 1. The molecule has 0 bridgehead atoms. The summed E-state index contributed by atoms with van der Waals surface area (Å²) in [6.07, 6.45) is 3.37. The van der Waals surface area contributed by atoms with Gasteiger partial charge in [-0.15, -0.1) is 0 Å². The molecule has 2 rings (SSSR count). The van der Waals surface area contributed by atoms with Gasteiger partial charge in [0, 0.05) is 25.4 Å². The summed E-state index contributed by atoms with van der Waals surface area (Å²) in [4.78, 5) is 2.14. The summed E-state index contributed by atoms with van der Waals surface area (Å²) < 4.78 is 19.3. The first-order chi connectivity index (χ1) is 9.22. The molecule has 19 heavy (non-hydrogen) atoms. The SMILES string of the molecule is CCCOC1CCCN(c2cc(F)cc(CO)c2)C1. The number of benzene rings is 1. The topological polar surface area (TPSA) is 32.7 Å². The van der Waals surface area contributed by atoms with E-state index in [1.54, 1.807) is 0 Å². The first kappa shape index (κ1) is 14.3. The third kappa shape index (κ3) is 3.91. The molecule has 1 aliphatic rings. The summed E-state index contributed by atoms with van der Waals surface area (Å²) in [6.45, 7) is 4.47. The van der Waals surface area contributed by atoms with Crippen molar-refractivity contribution >= 4 is 5.69 Å². The van der Waals surface area contributed by atoms with Crippen molar-refractivity contribution < 1.29 is 14.2 Å². The highest BCUT2D eigenvalue weighted by atomic mass is 19.1. The van der Waals surface area contributed by atoms with E-state index >= 15 is 0 Å². The Labute approximate surface area is 114 Å². The molecule has 106 valence electrons. The van der Waals surface area contributed by atoms with Gasteiger partial charge >= 0.3 is 0 Å². The number of aliphatic hydroxyl groups is 1. The maximum Gasteiger partial charge on any atom is 0.125 e. The van der Waals surface area contributed by atoms with Crippen molar-refractivity contribution in [2.24, 2.45) is 0 Å². The molecule has 1 aromatic carbocycles. The second-order valence-electron chi connectivity index (χ2n) is 5.06. The molecule has 1 unspecified atom stereocenters. The van der Waals surface area contributed by atoms with E-state index in [1.165, 1.54) is 12.1 Å². The number of anilines is 1. The maximum absolute atomic E-state index is 13.5. The molecule has 1 aromatic rings. The Hall–Kier alpha value is -1.13. The molecule has 1 saturated heterocycles. The average molecular weight is 267 g/mol. The quantitative estimate of drug-likeness (QED) is 0.890. The Balaban J connectivity index is 2.06. The van der Waals surface area contributed by atoms with Crippen LogP contribution < -0.4 is 4.90 Å². The van der Waals surface area contributed by atoms with Crippen LogP contribution in [0.25, 0.3) is 0 Å². The van der Waals surface area contributed by atoms with Gasteiger partial charge in [0.1, 0.15) is 5.82 Å². The molecule has 1 N–H and O–H groups in total. The summed E-state index contributed by atoms with van der Waals surface area (Å²) in [5.41, 5.74) is 1.46. The standard InChI is InChI=1S/C15H22FNO2/c1-2-6-19-15-4-3-5-17(10-15)14-8-12(11-18)7-13(16)9-14/h7-9,15,18H,2-6,10-11H2,1H3. The highest BCUT2D eigenvalue weighted by Crippen LogP contribution is 2.24. The van der Waals surface area contributed by atoms with E-state index in [0.717, 1.165) is 44.6 Å². The van der Waals surface area contributed by atoms with Crippen LogP contribution in [-0.2, 0) is 11.3 Å². The summed E-state index contributed by atoms with van der Waals surface area (Å²) in [7, 11) is 0. The number of rotatable bonds is 5. The smallest absolute Gasteiger partial charge is 0.125 e. The second kappa shape index (κ2) is 6.87. The Morgan fingerprint density at radius 1 is 1.42 bits per heavy atom. The fourth-order valence-corrected chi connectivity index (χ4v) is 2.50. The number of ether oxygens (including phenoxy) is 1. The second-order valence-corrected chi connectivity index (χ2v) is 5.06. The van der Waals surface area contributed by atoms with Gasteiger partial charge < -0.3 is 14.7 Å². The van der Waals surface area contributed by atoms with Crippen LogP contribution >= 0.6 is 0 Å². The van der Waals surface area contributed by atoms with Crippen LogP contribution in [0.4, 0.5) is 10.1 Å². The number of hydrogen-bond donors (Lipinski definition) is 1. The fourth-order valence-electron chi connectivity index (χ4n) is 2.50. The van der Waals surface area contributed by atoms with E-state index in [4.69, 9.17) is 9.84 Å². The Morgan fingerprint density at radius 2 is 2.26 bits per heavy atom. The van der Waals surface area contributed by atoms with E-state index in [1.807, 2.05) is 6.07 Å². The molecular weight excluding hydrogens is 245 g/mol. The molecule has 3 nitrogen and oxygen atoms in total. The minimum Gasteiger partial charge on any atom is -0.392 e. The first-order valence-corrected chi connectivity index (χ1v) is 6.99. The molecule has 1 heterocycles. The molecule has 0 aliphatic carbocycles. The molecular formula is C15H22FNO2. The number of hydrogen-bond acceptors (Lipinski definition) is 3. The highest BCUT2D eigenvalue weighted by Gasteiger charge is 2.21. The summed E-state index contributed by atoms with van der Waals surface area (Å²) in [5, 5.41) is 9.14. The van der Waals surface area contributed by atoms with Gasteiger partial charge in [-0.3, -0.25) is 0 Å². The van der Waals surface area contributed by atoms with E-state index in [9.17, 15) is 4.39 Å². The van der Waals surface area contributed by atoms with Crippen LogP contribution in [-0.4, -0.2) is 30.9 Å². The first-order valence-electron chi connectivity index (χ1n) is 6.99. The van der Waals surface area contributed by atoms with Gasteiger partial charge in [0.15, 0.2) is 0 Å². The minimum atomic E-state index is -0.293. The monoisotopic (exact) mass is 267 g/mol. The largest absolute Gasteiger partial charge is 0.392 e. The lowest BCUT2D eigenvalue weighted by molar-refractivity contribution is 0.0440. The number of nitrogens with zero attached hydrogens (tertiary/aromatic N) is 1. The van der Waals surface area contributed by atoms with Crippen molar-refractivity contribution in [3.8, 4) is 0 Å². The van der Waals surface area contributed by atoms with E-state index in [0.29, 0.717) is 5.56 Å². The molecule has 0 amide bonds. The van der Waals surface area contributed by atoms with E-state index in [-0.39, 0.29) is 18.5 Å². The van der Waals surface area contributed by atoms with Crippen LogP contribution in [0.1, 0.15) is 31.7 Å². The minimum absolute atomic E-state index is 0.131. The highest BCUT2D eigenvalue weighted by molar-refractivity contribution is 5.49. The molecule has 0 radical (unpaired) electrons. The van der Waals surface area contributed by atoms with Gasteiger partial charge in [-0.2, -0.15) is 0 Å². The van der Waals surface area contributed by atoms with Crippen LogP contribution in [0, 0.1) is 5.82 Å². The van der Waals surface area contributed by atoms with Crippen molar-refractivity contribution in [1.29, 1.82) is 0 Å². The van der Waals surface area contributed by atoms with Gasteiger partial charge in [-0.1, -0.05) is 6.92 Å². The van der Waals surface area contributed by atoms with Crippen molar-refractivity contribution in [1.82, 2.24) is 0 Å². The lowest BCUT2D eigenvalue weighted by Gasteiger charge is -2.34. The summed E-state index contributed by atoms with van der Waals surface area (Å²) >= 11 is 0. The molecule has 0 aromatic heterocycles. The zero-order chi connectivity index (χ0) is 13.7. The molecule has 1 fully saturated rings. The van der Waals surface area contributed by atoms with Crippen LogP contribution in [0.2, 0.25) is 0 Å². The van der Waals surface area contributed by atoms with Crippen LogP contribution in [0.3, 0.4) is 0 Å². The summed E-state index contributed by atoms with van der Waals surface area (Å²) in [6, 6.07) is 4.76. The van der Waals surface area contributed by atoms with Crippen molar-refractivity contribution in [2.45, 2.75) is 38.9 Å². The predicted molar refractivity (Wildman–Crippen MR) is 73.8 cm³/mol. The molecule has 0 saturated carbocycles. The van der Waals surface area contributed by atoms with Gasteiger partial charge in [0.2, 0.25) is 0 Å². The molecule has 1 atom stereocenters. The number of halogens is 1. The van der Waals surface area contributed by atoms with Gasteiger partial charge in [-0.25, -0.2) is 4.39 Å². The van der Waals surface area contributed by atoms with Crippen LogP contribution in [0.15, 0.2) is 18.2 Å². The van der Waals surface area contributed by atoms with Gasteiger partial charge in [0.25, 0.3) is 0 Å². The average Bonchev–Trinajstić information content (AvgIpc) is 2.44. The van der Waals surface area contributed by atoms with Gasteiger partial charge in [-0.05, 0) is 43.0 Å². The van der Waals surface area contributed by atoms with Crippen LogP contribution in [0.5, 0.6) is 0 Å². The summed E-state index contributed by atoms with van der Waals surface area (Å²) in [5.74, 6) is -0.293. The Bertz CT molecular complexity index is 411.